The van der Waals surface area contributed by atoms with Crippen LogP contribution in [-0.4, -0.2) is 21.1 Å². The van der Waals surface area contributed by atoms with Gasteiger partial charge in [0, 0.05) is 38.2 Å². The molecule has 2 rings (SSSR count). The van der Waals surface area contributed by atoms with Gasteiger partial charge in [-0.1, -0.05) is 0 Å². The Morgan fingerprint density at radius 1 is 1.21 bits per heavy atom. The standard InChI is InChI=1S/C15H21N3O/c1-12(8-9-13-6-4-10-17(13)2)16-15(19)14-7-5-11-18(14)3/h4-7,10-12H,8-9H2,1-3H3,(H,16,19)/t12-/m1/s1. The van der Waals surface area contributed by atoms with E-state index in [1.54, 1.807) is 0 Å². The summed E-state index contributed by atoms with van der Waals surface area (Å²) in [7, 11) is 3.92. The van der Waals surface area contributed by atoms with Crippen LogP contribution in [0.3, 0.4) is 0 Å². The lowest BCUT2D eigenvalue weighted by Crippen LogP contribution is -2.34. The quantitative estimate of drug-likeness (QED) is 0.877. The molecule has 2 heterocycles. The van der Waals surface area contributed by atoms with Crippen molar-refractivity contribution in [2.45, 2.75) is 25.8 Å². The maximum atomic E-state index is 12.0. The average molecular weight is 259 g/mol. The van der Waals surface area contributed by atoms with Gasteiger partial charge in [0.05, 0.1) is 0 Å². The van der Waals surface area contributed by atoms with Crippen LogP contribution < -0.4 is 5.32 Å². The van der Waals surface area contributed by atoms with Crippen molar-refractivity contribution in [3.8, 4) is 0 Å². The second-order valence-corrected chi connectivity index (χ2v) is 5.03. The maximum Gasteiger partial charge on any atom is 0.268 e. The Morgan fingerprint density at radius 3 is 2.47 bits per heavy atom. The van der Waals surface area contributed by atoms with E-state index in [1.165, 1.54) is 5.69 Å². The second kappa shape index (κ2) is 5.78. The van der Waals surface area contributed by atoms with Crippen molar-refractivity contribution in [2.75, 3.05) is 0 Å². The molecule has 0 aromatic carbocycles. The predicted octanol–water partition coefficient (Wildman–Crippen LogP) is 2.11. The highest BCUT2D eigenvalue weighted by Gasteiger charge is 2.12. The van der Waals surface area contributed by atoms with Crippen molar-refractivity contribution < 1.29 is 4.79 Å². The van der Waals surface area contributed by atoms with E-state index in [1.807, 2.05) is 56.2 Å². The molecule has 0 aliphatic rings. The zero-order valence-electron chi connectivity index (χ0n) is 11.8. The van der Waals surface area contributed by atoms with Crippen LogP contribution in [0.25, 0.3) is 0 Å². The number of aromatic nitrogens is 2. The van der Waals surface area contributed by atoms with E-state index in [0.29, 0.717) is 5.69 Å². The van der Waals surface area contributed by atoms with Crippen molar-refractivity contribution in [1.82, 2.24) is 14.5 Å². The molecule has 0 bridgehead atoms. The number of amides is 1. The number of rotatable bonds is 5. The minimum Gasteiger partial charge on any atom is -0.354 e. The van der Waals surface area contributed by atoms with Gasteiger partial charge in [0.2, 0.25) is 0 Å². The van der Waals surface area contributed by atoms with E-state index >= 15 is 0 Å². The monoisotopic (exact) mass is 259 g/mol. The third-order valence-electron chi connectivity index (χ3n) is 3.44. The van der Waals surface area contributed by atoms with Crippen LogP contribution >= 0.6 is 0 Å². The van der Waals surface area contributed by atoms with E-state index in [2.05, 4.69) is 16.0 Å². The molecule has 19 heavy (non-hydrogen) atoms. The molecule has 0 saturated heterocycles. The highest BCUT2D eigenvalue weighted by molar-refractivity contribution is 5.92. The summed E-state index contributed by atoms with van der Waals surface area (Å²) < 4.78 is 3.95. The van der Waals surface area contributed by atoms with Gasteiger partial charge in [-0.05, 0) is 44.0 Å². The molecule has 0 radical (unpaired) electrons. The zero-order valence-corrected chi connectivity index (χ0v) is 11.8. The minimum atomic E-state index is -0.00752. The lowest BCUT2D eigenvalue weighted by atomic mass is 10.1. The Morgan fingerprint density at radius 2 is 1.89 bits per heavy atom. The number of carbonyl (C=O) groups is 1. The van der Waals surface area contributed by atoms with Crippen LogP contribution in [0.5, 0.6) is 0 Å². The summed E-state index contributed by atoms with van der Waals surface area (Å²) >= 11 is 0. The Balaban J connectivity index is 1.85. The fourth-order valence-corrected chi connectivity index (χ4v) is 2.19. The fourth-order valence-electron chi connectivity index (χ4n) is 2.19. The molecule has 4 nitrogen and oxygen atoms in total. The third kappa shape index (κ3) is 3.28. The largest absolute Gasteiger partial charge is 0.354 e. The molecule has 0 aliphatic heterocycles. The minimum absolute atomic E-state index is 0.00752. The molecule has 4 heteroatoms. The van der Waals surface area contributed by atoms with Gasteiger partial charge < -0.3 is 14.5 Å². The molecule has 0 saturated carbocycles. The van der Waals surface area contributed by atoms with E-state index in [9.17, 15) is 4.79 Å². The van der Waals surface area contributed by atoms with Crippen molar-refractivity contribution >= 4 is 5.91 Å². The highest BCUT2D eigenvalue weighted by atomic mass is 16.2. The van der Waals surface area contributed by atoms with Crippen LogP contribution in [0.15, 0.2) is 36.7 Å². The maximum absolute atomic E-state index is 12.0. The molecular weight excluding hydrogens is 238 g/mol. The summed E-state index contributed by atoms with van der Waals surface area (Å²) in [6, 6.07) is 8.04. The van der Waals surface area contributed by atoms with E-state index in [0.717, 1.165) is 12.8 Å². The fraction of sp³-hybridized carbons (Fsp3) is 0.400. The molecule has 0 aliphatic carbocycles. The summed E-state index contributed by atoms with van der Waals surface area (Å²) in [4.78, 5) is 12.0. The number of nitrogens with zero attached hydrogens (tertiary/aromatic N) is 2. The van der Waals surface area contributed by atoms with Gasteiger partial charge >= 0.3 is 0 Å². The van der Waals surface area contributed by atoms with Crippen LogP contribution in [0.2, 0.25) is 0 Å². The Kier molecular flexibility index (Phi) is 4.10. The summed E-state index contributed by atoms with van der Waals surface area (Å²) in [5.74, 6) is -0.00752. The molecule has 1 N–H and O–H groups in total. The lowest BCUT2D eigenvalue weighted by molar-refractivity contribution is 0.0930. The van der Waals surface area contributed by atoms with Crippen molar-refractivity contribution in [3.63, 3.8) is 0 Å². The highest BCUT2D eigenvalue weighted by Crippen LogP contribution is 2.06. The topological polar surface area (TPSA) is 39.0 Å². The number of hydrogen-bond donors (Lipinski definition) is 1. The summed E-state index contributed by atoms with van der Waals surface area (Å²) in [6.07, 6.45) is 5.83. The molecule has 2 aromatic rings. The predicted molar refractivity (Wildman–Crippen MR) is 76.1 cm³/mol. The smallest absolute Gasteiger partial charge is 0.268 e. The van der Waals surface area contributed by atoms with Gasteiger partial charge in [0.25, 0.3) is 5.91 Å². The van der Waals surface area contributed by atoms with Crippen molar-refractivity contribution in [2.24, 2.45) is 14.1 Å². The summed E-state index contributed by atoms with van der Waals surface area (Å²) in [6.45, 7) is 2.05. The number of hydrogen-bond acceptors (Lipinski definition) is 1. The van der Waals surface area contributed by atoms with Gasteiger partial charge in [-0.2, -0.15) is 0 Å². The summed E-state index contributed by atoms with van der Waals surface area (Å²) in [5.41, 5.74) is 1.99. The van der Waals surface area contributed by atoms with Crippen LogP contribution in [0.1, 0.15) is 29.5 Å². The molecule has 102 valence electrons. The summed E-state index contributed by atoms with van der Waals surface area (Å²) in [5, 5.41) is 3.04. The molecule has 0 spiro atoms. The average Bonchev–Trinajstić information content (AvgIpc) is 2.95. The number of carbonyl (C=O) groups excluding carboxylic acids is 1. The van der Waals surface area contributed by atoms with E-state index in [-0.39, 0.29) is 11.9 Å². The van der Waals surface area contributed by atoms with Crippen LogP contribution in [-0.2, 0) is 20.5 Å². The Labute approximate surface area is 114 Å². The van der Waals surface area contributed by atoms with Crippen molar-refractivity contribution in [3.05, 3.63) is 48.0 Å². The first-order valence-electron chi connectivity index (χ1n) is 6.60. The van der Waals surface area contributed by atoms with Gasteiger partial charge in [-0.15, -0.1) is 0 Å². The molecule has 1 atom stereocenters. The third-order valence-corrected chi connectivity index (χ3v) is 3.44. The molecule has 0 unspecified atom stereocenters. The van der Waals surface area contributed by atoms with Crippen LogP contribution in [0.4, 0.5) is 0 Å². The number of aryl methyl sites for hydroxylation is 3. The van der Waals surface area contributed by atoms with Crippen LogP contribution in [0, 0.1) is 0 Å². The first-order valence-corrected chi connectivity index (χ1v) is 6.60. The molecule has 0 fully saturated rings. The Hall–Kier alpha value is -1.97. The first kappa shape index (κ1) is 13.5. The normalized spacial score (nSPS) is 12.4. The molecule has 1 amide bonds. The van der Waals surface area contributed by atoms with E-state index in [4.69, 9.17) is 0 Å². The zero-order chi connectivity index (χ0) is 13.8. The lowest BCUT2D eigenvalue weighted by Gasteiger charge is -2.14. The van der Waals surface area contributed by atoms with Gasteiger partial charge in [0.1, 0.15) is 5.69 Å². The SMILES string of the molecule is C[C@H](CCc1cccn1C)NC(=O)c1cccn1C. The second-order valence-electron chi connectivity index (χ2n) is 5.03. The number of nitrogens with one attached hydrogen (secondary N) is 1. The first-order chi connectivity index (χ1) is 9.08. The van der Waals surface area contributed by atoms with Gasteiger partial charge in [-0.3, -0.25) is 4.79 Å². The van der Waals surface area contributed by atoms with Gasteiger partial charge in [0.15, 0.2) is 0 Å². The van der Waals surface area contributed by atoms with Gasteiger partial charge in [-0.25, -0.2) is 0 Å². The molecular formula is C15H21N3O. The Bertz CT molecular complexity index is 553. The molecule has 2 aromatic heterocycles. The van der Waals surface area contributed by atoms with E-state index < -0.39 is 0 Å². The van der Waals surface area contributed by atoms with Crippen molar-refractivity contribution in [1.29, 1.82) is 0 Å².